The van der Waals surface area contributed by atoms with Crippen LogP contribution in [0.5, 0.6) is 11.5 Å². The van der Waals surface area contributed by atoms with Gasteiger partial charge in [0.2, 0.25) is 6.79 Å². The molecule has 156 valence electrons. The van der Waals surface area contributed by atoms with E-state index in [2.05, 4.69) is 59.1 Å². The molecule has 0 saturated carbocycles. The Hall–Kier alpha value is -3.31. The Kier molecular flexibility index (Phi) is 4.25. The molecule has 0 N–H and O–H groups in total. The molecule has 0 aliphatic carbocycles. The Morgan fingerprint density at radius 1 is 0.968 bits per heavy atom. The largest absolute Gasteiger partial charge is 0.454 e. The first kappa shape index (κ1) is 18.5. The van der Waals surface area contributed by atoms with E-state index in [4.69, 9.17) is 9.47 Å². The summed E-state index contributed by atoms with van der Waals surface area (Å²) in [4.78, 5) is 2.40. The molecule has 6 rings (SSSR count). The van der Waals surface area contributed by atoms with Crippen LogP contribution in [0.25, 0.3) is 10.9 Å². The summed E-state index contributed by atoms with van der Waals surface area (Å²) in [5, 5.41) is 1.22. The molecule has 0 spiro atoms. The van der Waals surface area contributed by atoms with Crippen LogP contribution in [0.1, 0.15) is 28.3 Å². The summed E-state index contributed by atoms with van der Waals surface area (Å²) in [6.45, 7) is 1.88. The number of hydrogen-bond acceptors (Lipinski definition) is 3. The smallest absolute Gasteiger partial charge is 0.231 e. The lowest BCUT2D eigenvalue weighted by Gasteiger charge is -2.34. The van der Waals surface area contributed by atoms with Gasteiger partial charge in [-0.25, -0.2) is 4.39 Å². The summed E-state index contributed by atoms with van der Waals surface area (Å²) >= 11 is 0. The number of hydrogen-bond donors (Lipinski definition) is 0. The number of fused-ring (bicyclic) bond motifs is 3. The van der Waals surface area contributed by atoms with Crippen molar-refractivity contribution in [2.75, 3.05) is 20.4 Å². The summed E-state index contributed by atoms with van der Waals surface area (Å²) < 4.78 is 27.3. The molecular weight excluding hydrogens is 391 g/mol. The zero-order valence-corrected chi connectivity index (χ0v) is 17.3. The Morgan fingerprint density at radius 2 is 1.81 bits per heavy atom. The Morgan fingerprint density at radius 3 is 2.68 bits per heavy atom. The van der Waals surface area contributed by atoms with Crippen LogP contribution in [0.3, 0.4) is 0 Å². The van der Waals surface area contributed by atoms with Gasteiger partial charge in [-0.15, -0.1) is 0 Å². The molecule has 3 aromatic carbocycles. The van der Waals surface area contributed by atoms with E-state index < -0.39 is 0 Å². The number of nitrogens with zero attached hydrogens (tertiary/aromatic N) is 2. The van der Waals surface area contributed by atoms with Crippen LogP contribution in [0.4, 0.5) is 4.39 Å². The van der Waals surface area contributed by atoms with Crippen molar-refractivity contribution >= 4 is 10.9 Å². The average Bonchev–Trinajstić information content (AvgIpc) is 3.37. The topological polar surface area (TPSA) is 26.6 Å². The fourth-order valence-corrected chi connectivity index (χ4v) is 5.00. The van der Waals surface area contributed by atoms with E-state index in [0.717, 1.165) is 35.5 Å². The summed E-state index contributed by atoms with van der Waals surface area (Å²) in [6, 6.07) is 19.7. The van der Waals surface area contributed by atoms with Crippen LogP contribution >= 0.6 is 0 Å². The third kappa shape index (κ3) is 3.08. The lowest BCUT2D eigenvalue weighted by molar-refractivity contribution is 0.174. The predicted octanol–water partition coefficient (Wildman–Crippen LogP) is 5.13. The van der Waals surface area contributed by atoms with Gasteiger partial charge in [-0.1, -0.05) is 30.3 Å². The van der Waals surface area contributed by atoms with Gasteiger partial charge in [-0.05, 0) is 66.1 Å². The second-order valence-corrected chi connectivity index (χ2v) is 8.40. The first-order chi connectivity index (χ1) is 15.2. The Labute approximate surface area is 180 Å². The second kappa shape index (κ2) is 7.13. The normalized spacial score (nSPS) is 17.8. The van der Waals surface area contributed by atoms with Crippen molar-refractivity contribution < 1.29 is 13.9 Å². The molecule has 2 aliphatic heterocycles. The van der Waals surface area contributed by atoms with Crippen molar-refractivity contribution in [1.82, 2.24) is 9.47 Å². The monoisotopic (exact) mass is 414 g/mol. The molecule has 0 radical (unpaired) electrons. The van der Waals surface area contributed by atoms with Crippen LogP contribution in [-0.2, 0) is 13.0 Å². The minimum atomic E-state index is -0.203. The second-order valence-electron chi connectivity index (χ2n) is 8.40. The number of benzene rings is 3. The van der Waals surface area contributed by atoms with Crippen LogP contribution in [0.15, 0.2) is 66.9 Å². The highest BCUT2D eigenvalue weighted by Crippen LogP contribution is 2.44. The van der Waals surface area contributed by atoms with Crippen molar-refractivity contribution in [2.24, 2.45) is 0 Å². The Bertz CT molecular complexity index is 1300. The summed E-state index contributed by atoms with van der Waals surface area (Å²) in [6.07, 6.45) is 3.22. The third-order valence-corrected chi connectivity index (χ3v) is 6.46. The van der Waals surface area contributed by atoms with Crippen LogP contribution in [-0.4, -0.2) is 29.9 Å². The fourth-order valence-electron chi connectivity index (χ4n) is 5.00. The lowest BCUT2D eigenvalue weighted by atomic mass is 9.88. The first-order valence-corrected chi connectivity index (χ1v) is 10.6. The average molecular weight is 414 g/mol. The minimum absolute atomic E-state index is 0.122. The maximum atomic E-state index is 13.8. The van der Waals surface area contributed by atoms with E-state index >= 15 is 0 Å². The standard InChI is InChI=1S/C26H23FN2O2/c1-28-10-9-18-12-24-25(31-16-30-24)13-21(18)26(28)22-15-29(23-8-3-2-7-20(22)23)14-17-5-4-6-19(27)11-17/h2-8,11-13,15,26H,9-10,14,16H2,1H3. The van der Waals surface area contributed by atoms with Crippen LogP contribution < -0.4 is 9.47 Å². The fraction of sp³-hybridized carbons (Fsp3) is 0.231. The van der Waals surface area contributed by atoms with E-state index in [0.29, 0.717) is 6.54 Å². The molecule has 3 heterocycles. The highest BCUT2D eigenvalue weighted by atomic mass is 19.1. The van der Waals surface area contributed by atoms with Crippen molar-refractivity contribution in [1.29, 1.82) is 0 Å². The molecule has 0 amide bonds. The predicted molar refractivity (Wildman–Crippen MR) is 118 cm³/mol. The van der Waals surface area contributed by atoms with Crippen LogP contribution in [0.2, 0.25) is 0 Å². The number of aromatic nitrogens is 1. The number of halogens is 1. The minimum Gasteiger partial charge on any atom is -0.454 e. The molecule has 5 heteroatoms. The molecule has 0 fully saturated rings. The van der Waals surface area contributed by atoms with E-state index in [1.165, 1.54) is 28.1 Å². The Balaban J connectivity index is 1.49. The summed E-state index contributed by atoms with van der Waals surface area (Å²) in [5.74, 6) is 1.46. The van der Waals surface area contributed by atoms with Crippen molar-refractivity contribution in [3.05, 3.63) is 94.9 Å². The van der Waals surface area contributed by atoms with Crippen molar-refractivity contribution in [3.8, 4) is 11.5 Å². The van der Waals surface area contributed by atoms with Gasteiger partial charge >= 0.3 is 0 Å². The maximum Gasteiger partial charge on any atom is 0.231 e. The van der Waals surface area contributed by atoms with E-state index in [9.17, 15) is 4.39 Å². The zero-order chi connectivity index (χ0) is 20.9. The highest BCUT2D eigenvalue weighted by molar-refractivity contribution is 5.85. The molecule has 1 unspecified atom stereocenters. The van der Waals surface area contributed by atoms with E-state index in [1.807, 2.05) is 6.07 Å². The number of likely N-dealkylation sites (N-methyl/N-ethyl adjacent to an activating group) is 1. The quantitative estimate of drug-likeness (QED) is 0.465. The van der Waals surface area contributed by atoms with E-state index in [-0.39, 0.29) is 18.7 Å². The maximum absolute atomic E-state index is 13.8. The van der Waals surface area contributed by atoms with Gasteiger partial charge in [-0.2, -0.15) is 0 Å². The molecular formula is C26H23FN2O2. The van der Waals surface area contributed by atoms with Crippen LogP contribution in [0, 0.1) is 5.82 Å². The molecule has 4 nitrogen and oxygen atoms in total. The molecule has 0 saturated heterocycles. The summed E-state index contributed by atoms with van der Waals surface area (Å²) in [5.41, 5.74) is 5.95. The van der Waals surface area contributed by atoms with Gasteiger partial charge < -0.3 is 14.0 Å². The van der Waals surface area contributed by atoms with Gasteiger partial charge in [0, 0.05) is 30.2 Å². The van der Waals surface area contributed by atoms with Gasteiger partial charge in [0.25, 0.3) is 0 Å². The molecule has 1 aromatic heterocycles. The summed E-state index contributed by atoms with van der Waals surface area (Å²) in [7, 11) is 2.18. The zero-order valence-electron chi connectivity index (χ0n) is 17.3. The number of para-hydroxylation sites is 1. The highest BCUT2D eigenvalue weighted by Gasteiger charge is 2.31. The van der Waals surface area contributed by atoms with Gasteiger partial charge in [0.1, 0.15) is 5.82 Å². The first-order valence-electron chi connectivity index (χ1n) is 10.6. The van der Waals surface area contributed by atoms with Gasteiger partial charge in [0.15, 0.2) is 11.5 Å². The number of rotatable bonds is 3. The molecule has 4 aromatic rings. The van der Waals surface area contributed by atoms with E-state index in [1.54, 1.807) is 12.1 Å². The van der Waals surface area contributed by atoms with Crippen molar-refractivity contribution in [2.45, 2.75) is 19.0 Å². The molecule has 1 atom stereocenters. The molecule has 31 heavy (non-hydrogen) atoms. The SMILES string of the molecule is CN1CCc2cc3c(cc2C1c1cn(Cc2cccc(F)c2)c2ccccc12)OCO3. The number of ether oxygens (including phenoxy) is 2. The lowest BCUT2D eigenvalue weighted by Crippen LogP contribution is -2.32. The molecule has 0 bridgehead atoms. The molecule has 2 aliphatic rings. The van der Waals surface area contributed by atoms with Gasteiger partial charge in [-0.3, -0.25) is 4.90 Å². The van der Waals surface area contributed by atoms with Crippen molar-refractivity contribution in [3.63, 3.8) is 0 Å². The third-order valence-electron chi connectivity index (χ3n) is 6.46. The van der Waals surface area contributed by atoms with Gasteiger partial charge in [0.05, 0.1) is 6.04 Å².